The van der Waals surface area contributed by atoms with Gasteiger partial charge < -0.3 is 10.6 Å². The molecule has 1 aromatic carbocycles. The summed E-state index contributed by atoms with van der Waals surface area (Å²) >= 11 is 8.20. The van der Waals surface area contributed by atoms with Crippen molar-refractivity contribution in [3.63, 3.8) is 0 Å². The van der Waals surface area contributed by atoms with Crippen LogP contribution in [0.5, 0.6) is 0 Å². The van der Waals surface area contributed by atoms with Crippen molar-refractivity contribution in [3.05, 3.63) is 26.8 Å². The summed E-state index contributed by atoms with van der Waals surface area (Å²) in [5, 5.41) is 6.65. The molecule has 1 aromatic rings. The van der Waals surface area contributed by atoms with E-state index in [1.54, 1.807) is 6.07 Å². The highest BCUT2D eigenvalue weighted by molar-refractivity contribution is 14.1. The maximum Gasteiger partial charge on any atom is 0.225 e. The topological polar surface area (TPSA) is 41.1 Å². The van der Waals surface area contributed by atoms with E-state index in [-0.39, 0.29) is 11.4 Å². The average Bonchev–Trinajstić information content (AvgIpc) is 2.21. The second kappa shape index (κ2) is 6.73. The zero-order valence-electron chi connectivity index (χ0n) is 10.8. The number of carbonyl (C=O) groups excluding carboxylic acids is 1. The standard InChI is InChI=1S/C13H18ClIN2O/c1-13(2,3)16-7-6-12(18)17-11-8-9(15)4-5-10(11)14/h4-5,8,16H,6-7H2,1-3H3,(H,17,18). The van der Waals surface area contributed by atoms with Crippen molar-refractivity contribution in [3.8, 4) is 0 Å². The first-order chi connectivity index (χ1) is 8.28. The molecule has 1 amide bonds. The van der Waals surface area contributed by atoms with Crippen LogP contribution in [0.1, 0.15) is 27.2 Å². The third kappa shape index (κ3) is 6.02. The molecule has 5 heteroatoms. The van der Waals surface area contributed by atoms with Crippen molar-refractivity contribution in [2.75, 3.05) is 11.9 Å². The van der Waals surface area contributed by atoms with Crippen LogP contribution < -0.4 is 10.6 Å². The molecule has 3 nitrogen and oxygen atoms in total. The molecule has 0 spiro atoms. The van der Waals surface area contributed by atoms with Gasteiger partial charge in [0.15, 0.2) is 0 Å². The van der Waals surface area contributed by atoms with Crippen LogP contribution in [0, 0.1) is 3.57 Å². The Hall–Kier alpha value is -0.330. The summed E-state index contributed by atoms with van der Waals surface area (Å²) in [7, 11) is 0. The highest BCUT2D eigenvalue weighted by atomic mass is 127. The summed E-state index contributed by atoms with van der Waals surface area (Å²) in [6.07, 6.45) is 0.430. The van der Waals surface area contributed by atoms with E-state index >= 15 is 0 Å². The number of hydrogen-bond acceptors (Lipinski definition) is 2. The zero-order chi connectivity index (χ0) is 13.8. The number of rotatable bonds is 4. The summed E-state index contributed by atoms with van der Waals surface area (Å²) < 4.78 is 1.04. The molecular formula is C13H18ClIN2O. The van der Waals surface area contributed by atoms with Gasteiger partial charge in [-0.25, -0.2) is 0 Å². The van der Waals surface area contributed by atoms with Gasteiger partial charge in [0.05, 0.1) is 10.7 Å². The Labute approximate surface area is 127 Å². The molecule has 0 atom stereocenters. The summed E-state index contributed by atoms with van der Waals surface area (Å²) in [5.74, 6) is -0.0318. The van der Waals surface area contributed by atoms with Crippen LogP contribution in [-0.2, 0) is 4.79 Å². The Balaban J connectivity index is 2.47. The van der Waals surface area contributed by atoms with Gasteiger partial charge in [-0.1, -0.05) is 11.6 Å². The Morgan fingerprint density at radius 2 is 2.06 bits per heavy atom. The third-order valence-electron chi connectivity index (χ3n) is 2.21. The summed E-state index contributed by atoms with van der Waals surface area (Å²) in [6.45, 7) is 6.86. The zero-order valence-corrected chi connectivity index (χ0v) is 13.7. The first kappa shape index (κ1) is 15.7. The Kier molecular flexibility index (Phi) is 5.88. The van der Waals surface area contributed by atoms with Crippen molar-refractivity contribution in [2.24, 2.45) is 0 Å². The molecule has 0 aliphatic heterocycles. The lowest BCUT2D eigenvalue weighted by atomic mass is 10.1. The lowest BCUT2D eigenvalue weighted by Crippen LogP contribution is -2.37. The Morgan fingerprint density at radius 3 is 2.67 bits per heavy atom. The van der Waals surface area contributed by atoms with E-state index in [9.17, 15) is 4.79 Å². The monoisotopic (exact) mass is 380 g/mol. The molecule has 0 saturated heterocycles. The van der Waals surface area contributed by atoms with E-state index in [1.165, 1.54) is 0 Å². The average molecular weight is 381 g/mol. The maximum atomic E-state index is 11.7. The van der Waals surface area contributed by atoms with Crippen LogP contribution in [0.2, 0.25) is 5.02 Å². The number of benzene rings is 1. The minimum Gasteiger partial charge on any atom is -0.325 e. The highest BCUT2D eigenvalue weighted by Crippen LogP contribution is 2.23. The fourth-order valence-electron chi connectivity index (χ4n) is 1.36. The van der Waals surface area contributed by atoms with Gasteiger partial charge in [0, 0.05) is 22.1 Å². The molecule has 18 heavy (non-hydrogen) atoms. The number of hydrogen-bond donors (Lipinski definition) is 2. The number of carbonyl (C=O) groups is 1. The van der Waals surface area contributed by atoms with Crippen molar-refractivity contribution >= 4 is 45.8 Å². The lowest BCUT2D eigenvalue weighted by Gasteiger charge is -2.20. The van der Waals surface area contributed by atoms with Gasteiger partial charge >= 0.3 is 0 Å². The van der Waals surface area contributed by atoms with E-state index < -0.39 is 0 Å². The van der Waals surface area contributed by atoms with E-state index in [4.69, 9.17) is 11.6 Å². The number of amides is 1. The van der Waals surface area contributed by atoms with Gasteiger partial charge in [0.25, 0.3) is 0 Å². The van der Waals surface area contributed by atoms with Gasteiger partial charge in [-0.15, -0.1) is 0 Å². The summed E-state index contributed by atoms with van der Waals surface area (Å²) in [6, 6.07) is 5.55. The van der Waals surface area contributed by atoms with Gasteiger partial charge in [0.1, 0.15) is 0 Å². The SMILES string of the molecule is CC(C)(C)NCCC(=O)Nc1cc(I)ccc1Cl. The van der Waals surface area contributed by atoms with Crippen molar-refractivity contribution in [2.45, 2.75) is 32.7 Å². The van der Waals surface area contributed by atoms with E-state index in [0.29, 0.717) is 23.7 Å². The molecule has 0 aromatic heterocycles. The predicted octanol–water partition coefficient (Wildman–Crippen LogP) is 3.66. The Bertz CT molecular complexity index is 429. The van der Waals surface area contributed by atoms with Crippen molar-refractivity contribution in [1.29, 1.82) is 0 Å². The molecule has 2 N–H and O–H groups in total. The van der Waals surface area contributed by atoms with Crippen LogP contribution >= 0.6 is 34.2 Å². The summed E-state index contributed by atoms with van der Waals surface area (Å²) in [4.78, 5) is 11.7. The quantitative estimate of drug-likeness (QED) is 0.783. The molecule has 0 aliphatic carbocycles. The molecule has 1 rings (SSSR count). The second-order valence-electron chi connectivity index (χ2n) is 5.10. The second-order valence-corrected chi connectivity index (χ2v) is 6.75. The molecule has 0 unspecified atom stereocenters. The molecule has 0 aliphatic rings. The van der Waals surface area contributed by atoms with Crippen LogP contribution in [0.15, 0.2) is 18.2 Å². The number of anilines is 1. The van der Waals surface area contributed by atoms with Crippen LogP contribution in [0.25, 0.3) is 0 Å². The minimum atomic E-state index is -0.0318. The first-order valence-electron chi connectivity index (χ1n) is 5.78. The van der Waals surface area contributed by atoms with Gasteiger partial charge in [-0.2, -0.15) is 0 Å². The molecule has 0 radical (unpaired) electrons. The molecular weight excluding hydrogens is 363 g/mol. The molecule has 0 fully saturated rings. The molecule has 100 valence electrons. The fraction of sp³-hybridized carbons (Fsp3) is 0.462. The maximum absolute atomic E-state index is 11.7. The molecule has 0 bridgehead atoms. The summed E-state index contributed by atoms with van der Waals surface area (Å²) in [5.41, 5.74) is 0.698. The van der Waals surface area contributed by atoms with E-state index in [1.807, 2.05) is 12.1 Å². The number of nitrogens with one attached hydrogen (secondary N) is 2. The fourth-order valence-corrected chi connectivity index (χ4v) is 2.01. The van der Waals surface area contributed by atoms with Crippen LogP contribution in [0.4, 0.5) is 5.69 Å². The van der Waals surface area contributed by atoms with Crippen molar-refractivity contribution in [1.82, 2.24) is 5.32 Å². The highest BCUT2D eigenvalue weighted by Gasteiger charge is 2.10. The van der Waals surface area contributed by atoms with Crippen LogP contribution in [-0.4, -0.2) is 18.0 Å². The largest absolute Gasteiger partial charge is 0.325 e. The molecule has 0 saturated carbocycles. The number of halogens is 2. The van der Waals surface area contributed by atoms with Gasteiger partial charge in [-0.05, 0) is 61.6 Å². The Morgan fingerprint density at radius 1 is 1.39 bits per heavy atom. The minimum absolute atomic E-state index is 0.0278. The molecule has 0 heterocycles. The van der Waals surface area contributed by atoms with E-state index in [0.717, 1.165) is 3.57 Å². The van der Waals surface area contributed by atoms with Crippen molar-refractivity contribution < 1.29 is 4.79 Å². The van der Waals surface area contributed by atoms with E-state index in [2.05, 4.69) is 54.0 Å². The third-order valence-corrected chi connectivity index (χ3v) is 3.21. The van der Waals surface area contributed by atoms with Crippen LogP contribution in [0.3, 0.4) is 0 Å². The normalized spacial score (nSPS) is 11.4. The van der Waals surface area contributed by atoms with Gasteiger partial charge in [-0.3, -0.25) is 4.79 Å². The smallest absolute Gasteiger partial charge is 0.225 e. The van der Waals surface area contributed by atoms with Gasteiger partial charge in [0.2, 0.25) is 5.91 Å². The lowest BCUT2D eigenvalue weighted by molar-refractivity contribution is -0.116. The first-order valence-corrected chi connectivity index (χ1v) is 7.23. The predicted molar refractivity (Wildman–Crippen MR) is 85.2 cm³/mol.